The molecule has 3 heterocycles. The van der Waals surface area contributed by atoms with E-state index in [9.17, 15) is 14.4 Å². The maximum Gasteiger partial charge on any atom is 0.280 e. The number of para-hydroxylation sites is 1. The summed E-state index contributed by atoms with van der Waals surface area (Å²) in [4.78, 5) is 49.1. The third-order valence-corrected chi connectivity index (χ3v) is 7.69. The van der Waals surface area contributed by atoms with Gasteiger partial charge in [0.15, 0.2) is 5.01 Å². The summed E-state index contributed by atoms with van der Waals surface area (Å²) in [5, 5.41) is 10.8. The Hall–Kier alpha value is -2.95. The van der Waals surface area contributed by atoms with Gasteiger partial charge in [0.05, 0.1) is 11.7 Å². The third kappa shape index (κ3) is 5.19. The lowest BCUT2D eigenvalue weighted by molar-refractivity contribution is -0.134. The van der Waals surface area contributed by atoms with E-state index in [1.54, 1.807) is 19.0 Å². The summed E-state index contributed by atoms with van der Waals surface area (Å²) < 4.78 is 0. The second kappa shape index (κ2) is 10.3. The predicted octanol–water partition coefficient (Wildman–Crippen LogP) is 2.43. The Bertz CT molecular complexity index is 1200. The molecular weight excluding hydrogens is 488 g/mol. The molecular formula is C24H29ClN6O3S. The first-order chi connectivity index (χ1) is 16.4. The molecule has 5 rings (SSSR count). The molecule has 3 aromatic rings. The van der Waals surface area contributed by atoms with Gasteiger partial charge in [-0.3, -0.25) is 14.4 Å². The molecule has 3 amide bonds. The Morgan fingerprint density at radius 2 is 1.83 bits per heavy atom. The van der Waals surface area contributed by atoms with Gasteiger partial charge in [0.2, 0.25) is 5.91 Å². The fourth-order valence-corrected chi connectivity index (χ4v) is 5.77. The number of carbonyl (C=O) groups is 3. The highest BCUT2D eigenvalue weighted by molar-refractivity contribution is 7.13. The lowest BCUT2D eigenvalue weighted by Crippen LogP contribution is -2.56. The quantitative estimate of drug-likeness (QED) is 0.415. The van der Waals surface area contributed by atoms with Gasteiger partial charge < -0.3 is 25.8 Å². The fraction of sp³-hybridized carbons (Fsp3) is 0.417. The molecule has 1 fully saturated rings. The molecule has 1 aliphatic carbocycles. The molecule has 2 aliphatic rings. The summed E-state index contributed by atoms with van der Waals surface area (Å²) in [5.41, 5.74) is 2.29. The van der Waals surface area contributed by atoms with Crippen molar-refractivity contribution in [2.75, 3.05) is 14.1 Å². The minimum atomic E-state index is -0.375. The predicted molar refractivity (Wildman–Crippen MR) is 137 cm³/mol. The Morgan fingerprint density at radius 3 is 2.57 bits per heavy atom. The van der Waals surface area contributed by atoms with Crippen molar-refractivity contribution in [3.8, 4) is 0 Å². The van der Waals surface area contributed by atoms with Crippen molar-refractivity contribution in [2.24, 2.45) is 5.92 Å². The molecule has 3 atom stereocenters. The number of fused-ring (bicyclic) bond motifs is 2. The number of nitrogens with zero attached hydrogens (tertiary/aromatic N) is 2. The largest absolute Gasteiger partial charge is 0.351 e. The number of benzene rings is 1. The van der Waals surface area contributed by atoms with Crippen LogP contribution in [0, 0.1) is 5.92 Å². The molecule has 9 nitrogen and oxygen atoms in total. The van der Waals surface area contributed by atoms with Gasteiger partial charge in [0.25, 0.3) is 11.8 Å². The molecule has 35 heavy (non-hydrogen) atoms. The first-order valence-electron chi connectivity index (χ1n) is 11.5. The number of H-pyrrole nitrogens is 1. The summed E-state index contributed by atoms with van der Waals surface area (Å²) in [6.45, 7) is 1.40. The first kappa shape index (κ1) is 25.2. The van der Waals surface area contributed by atoms with Gasteiger partial charge in [-0.1, -0.05) is 18.2 Å². The Morgan fingerprint density at radius 1 is 1.06 bits per heavy atom. The standard InChI is InChI=1S/C24H28N6O3S.ClH/c1-30(2)24(33)14-7-8-16(27-21(31)18-9-13-5-3-4-6-15(13)26-18)17(10-14)28-22(32)23-29-19-11-25-12-20(19)34-23;/h3-6,9,14,16-17,25-26H,7-8,10-12H2,1-2H3,(H,27,31)(H,28,32);1H/t14-,16-,17+;/m0./s1. The number of hydrogen-bond acceptors (Lipinski definition) is 6. The minimum Gasteiger partial charge on any atom is -0.351 e. The van der Waals surface area contributed by atoms with Crippen molar-refractivity contribution < 1.29 is 14.4 Å². The number of nitrogens with one attached hydrogen (secondary N) is 4. The van der Waals surface area contributed by atoms with E-state index in [1.165, 1.54) is 11.3 Å². The van der Waals surface area contributed by atoms with Crippen LogP contribution in [0.1, 0.15) is 50.1 Å². The number of hydrogen-bond donors (Lipinski definition) is 4. The SMILES string of the molecule is CN(C)C(=O)[C@H]1CC[C@H](NC(=O)c2cc3ccccc3[nH]2)[C@H](NC(=O)c2nc3c(s2)CNC3)C1.Cl. The number of carbonyl (C=O) groups excluding carboxylic acids is 3. The van der Waals surface area contributed by atoms with Crippen LogP contribution in [0.15, 0.2) is 30.3 Å². The van der Waals surface area contributed by atoms with Gasteiger partial charge in [-0.05, 0) is 31.4 Å². The highest BCUT2D eigenvalue weighted by Crippen LogP contribution is 2.28. The van der Waals surface area contributed by atoms with Gasteiger partial charge in [0, 0.05) is 54.9 Å². The van der Waals surface area contributed by atoms with E-state index in [1.807, 2.05) is 30.3 Å². The number of aromatic nitrogens is 2. The summed E-state index contributed by atoms with van der Waals surface area (Å²) in [5.74, 6) is -0.643. The normalized spacial score (nSPS) is 21.1. The van der Waals surface area contributed by atoms with Crippen LogP contribution in [0.3, 0.4) is 0 Å². The fourth-order valence-electron chi connectivity index (χ4n) is 4.82. The van der Waals surface area contributed by atoms with Crippen molar-refractivity contribution in [3.05, 3.63) is 51.6 Å². The molecule has 4 N–H and O–H groups in total. The van der Waals surface area contributed by atoms with Crippen LogP contribution >= 0.6 is 23.7 Å². The molecule has 0 bridgehead atoms. The maximum absolute atomic E-state index is 13.1. The zero-order valence-corrected chi connectivity index (χ0v) is 21.2. The Balaban J connectivity index is 0.00000289. The molecule has 1 aliphatic heterocycles. The highest BCUT2D eigenvalue weighted by Gasteiger charge is 2.37. The van der Waals surface area contributed by atoms with Gasteiger partial charge in [-0.25, -0.2) is 4.98 Å². The zero-order chi connectivity index (χ0) is 23.8. The number of halogens is 1. The average Bonchev–Trinajstić information content (AvgIpc) is 3.54. The van der Waals surface area contributed by atoms with E-state index >= 15 is 0 Å². The Kier molecular flexibility index (Phi) is 7.44. The summed E-state index contributed by atoms with van der Waals surface area (Å²) >= 11 is 1.39. The van der Waals surface area contributed by atoms with Crippen molar-refractivity contribution >= 4 is 52.4 Å². The van der Waals surface area contributed by atoms with Crippen molar-refractivity contribution in [1.82, 2.24) is 30.8 Å². The molecule has 186 valence electrons. The number of rotatable bonds is 5. The summed E-state index contributed by atoms with van der Waals surface area (Å²) in [6, 6.07) is 8.88. The smallest absolute Gasteiger partial charge is 0.280 e. The first-order valence-corrected chi connectivity index (χ1v) is 12.3. The minimum absolute atomic E-state index is 0. The number of thiazole rings is 1. The molecule has 0 radical (unpaired) electrons. The molecule has 2 aromatic heterocycles. The second-order valence-electron chi connectivity index (χ2n) is 9.17. The van der Waals surface area contributed by atoms with Crippen LogP contribution < -0.4 is 16.0 Å². The molecule has 0 unspecified atom stereocenters. The van der Waals surface area contributed by atoms with Gasteiger partial charge >= 0.3 is 0 Å². The zero-order valence-electron chi connectivity index (χ0n) is 19.6. The van der Waals surface area contributed by atoms with Gasteiger partial charge in [0.1, 0.15) is 5.69 Å². The van der Waals surface area contributed by atoms with E-state index in [-0.39, 0.29) is 48.1 Å². The number of aromatic amines is 1. The molecule has 0 spiro atoms. The maximum atomic E-state index is 13.1. The highest BCUT2D eigenvalue weighted by atomic mass is 35.5. The molecule has 1 saturated carbocycles. The van der Waals surface area contributed by atoms with E-state index in [0.29, 0.717) is 36.5 Å². The van der Waals surface area contributed by atoms with Crippen LogP contribution in [0.25, 0.3) is 10.9 Å². The lowest BCUT2D eigenvalue weighted by atomic mass is 9.81. The Labute approximate surface area is 213 Å². The molecule has 1 aromatic carbocycles. The molecule has 0 saturated heterocycles. The van der Waals surface area contributed by atoms with Gasteiger partial charge in [-0.2, -0.15) is 0 Å². The average molecular weight is 517 g/mol. The molecule has 11 heteroatoms. The topological polar surface area (TPSA) is 119 Å². The van der Waals surface area contributed by atoms with E-state index in [0.717, 1.165) is 28.0 Å². The third-order valence-electron chi connectivity index (χ3n) is 6.60. The van der Waals surface area contributed by atoms with Crippen molar-refractivity contribution in [3.63, 3.8) is 0 Å². The number of amides is 3. The van der Waals surface area contributed by atoms with E-state index in [4.69, 9.17) is 0 Å². The van der Waals surface area contributed by atoms with Crippen molar-refractivity contribution in [2.45, 2.75) is 44.4 Å². The van der Waals surface area contributed by atoms with E-state index < -0.39 is 0 Å². The van der Waals surface area contributed by atoms with Crippen LogP contribution in [-0.2, 0) is 17.9 Å². The summed E-state index contributed by atoms with van der Waals surface area (Å²) in [6.07, 6.45) is 1.71. The van der Waals surface area contributed by atoms with Crippen LogP contribution in [0.2, 0.25) is 0 Å². The van der Waals surface area contributed by atoms with Crippen LogP contribution in [-0.4, -0.2) is 58.8 Å². The van der Waals surface area contributed by atoms with Crippen LogP contribution in [0.4, 0.5) is 0 Å². The second-order valence-corrected chi connectivity index (χ2v) is 10.2. The van der Waals surface area contributed by atoms with E-state index in [2.05, 4.69) is 25.9 Å². The van der Waals surface area contributed by atoms with Crippen LogP contribution in [0.5, 0.6) is 0 Å². The van der Waals surface area contributed by atoms with Crippen molar-refractivity contribution in [1.29, 1.82) is 0 Å². The monoisotopic (exact) mass is 516 g/mol. The van der Waals surface area contributed by atoms with Gasteiger partial charge in [-0.15, -0.1) is 23.7 Å². The summed E-state index contributed by atoms with van der Waals surface area (Å²) in [7, 11) is 3.48. The lowest BCUT2D eigenvalue weighted by Gasteiger charge is -2.37.